The molecule has 0 fully saturated rings. The Morgan fingerprint density at radius 3 is 2.47 bits per heavy atom. The predicted molar refractivity (Wildman–Crippen MR) is 66.8 cm³/mol. The number of hydrogen-bond acceptors (Lipinski definition) is 3. The number of nitrogen functional groups attached to an aromatic ring is 1. The highest BCUT2D eigenvalue weighted by Crippen LogP contribution is 2.32. The lowest BCUT2D eigenvalue weighted by Gasteiger charge is -2.07. The van der Waals surface area contributed by atoms with Crippen LogP contribution in [0, 0.1) is 0 Å². The maximum Gasteiger partial charge on any atom is 0.0924 e. The van der Waals surface area contributed by atoms with Crippen LogP contribution in [-0.4, -0.2) is 4.98 Å². The van der Waals surface area contributed by atoms with Crippen molar-refractivity contribution in [2.45, 2.75) is 0 Å². The molecular formula is C9H8Cl3N3. The number of hydrazine groups is 1. The Bertz CT molecular complexity index is 487. The van der Waals surface area contributed by atoms with Crippen molar-refractivity contribution in [3.05, 3.63) is 34.4 Å². The van der Waals surface area contributed by atoms with Crippen molar-refractivity contribution in [2.75, 3.05) is 5.43 Å². The van der Waals surface area contributed by atoms with E-state index in [0.717, 1.165) is 5.39 Å². The van der Waals surface area contributed by atoms with Gasteiger partial charge in [0.1, 0.15) is 0 Å². The molecule has 80 valence electrons. The van der Waals surface area contributed by atoms with Crippen molar-refractivity contribution in [3.63, 3.8) is 0 Å². The van der Waals surface area contributed by atoms with Crippen molar-refractivity contribution >= 4 is 52.2 Å². The minimum Gasteiger partial charge on any atom is -0.323 e. The molecule has 0 aliphatic heterocycles. The summed E-state index contributed by atoms with van der Waals surface area (Å²) in [7, 11) is 0. The van der Waals surface area contributed by atoms with Crippen LogP contribution in [0.3, 0.4) is 0 Å². The number of nitrogens with one attached hydrogen (secondary N) is 1. The summed E-state index contributed by atoms with van der Waals surface area (Å²) in [6.45, 7) is 0. The van der Waals surface area contributed by atoms with Crippen LogP contribution in [0.15, 0.2) is 24.4 Å². The molecule has 2 aromatic rings. The largest absolute Gasteiger partial charge is 0.323 e. The second-order valence-electron chi connectivity index (χ2n) is 2.76. The third-order valence-electron chi connectivity index (χ3n) is 1.95. The molecule has 0 atom stereocenters. The molecule has 0 aliphatic carbocycles. The molecular weight excluding hydrogens is 256 g/mol. The second kappa shape index (κ2) is 4.86. The minimum absolute atomic E-state index is 0. The first-order valence-corrected chi connectivity index (χ1v) is 4.69. The Labute approximate surface area is 103 Å². The Balaban J connectivity index is 0.00000112. The average Bonchev–Trinajstić information content (AvgIpc) is 2.23. The zero-order valence-corrected chi connectivity index (χ0v) is 9.83. The Hall–Kier alpha value is -0.740. The molecule has 0 aliphatic rings. The van der Waals surface area contributed by atoms with E-state index in [0.29, 0.717) is 21.2 Å². The highest BCUT2D eigenvalue weighted by Gasteiger charge is 2.07. The average molecular weight is 265 g/mol. The third kappa shape index (κ3) is 2.11. The maximum atomic E-state index is 6.02. The van der Waals surface area contributed by atoms with E-state index in [-0.39, 0.29) is 12.4 Å². The summed E-state index contributed by atoms with van der Waals surface area (Å²) in [5.74, 6) is 5.36. The maximum absolute atomic E-state index is 6.02. The molecule has 1 aromatic heterocycles. The van der Waals surface area contributed by atoms with Gasteiger partial charge in [-0.2, -0.15) is 0 Å². The van der Waals surface area contributed by atoms with E-state index < -0.39 is 0 Å². The third-order valence-corrected chi connectivity index (χ3v) is 2.57. The molecule has 2 rings (SSSR count). The van der Waals surface area contributed by atoms with Crippen molar-refractivity contribution in [1.29, 1.82) is 0 Å². The normalized spacial score (nSPS) is 9.80. The summed E-state index contributed by atoms with van der Waals surface area (Å²) in [6.07, 6.45) is 1.62. The molecule has 3 N–H and O–H groups in total. The molecule has 6 heteroatoms. The highest BCUT2D eigenvalue weighted by atomic mass is 35.5. The van der Waals surface area contributed by atoms with Crippen LogP contribution in [0.2, 0.25) is 10.0 Å². The van der Waals surface area contributed by atoms with E-state index in [2.05, 4.69) is 10.4 Å². The Kier molecular flexibility index (Phi) is 3.99. The monoisotopic (exact) mass is 263 g/mol. The molecule has 0 bridgehead atoms. The molecule has 0 unspecified atom stereocenters. The molecule has 0 saturated carbocycles. The number of fused-ring (bicyclic) bond motifs is 1. The smallest absolute Gasteiger partial charge is 0.0924 e. The van der Waals surface area contributed by atoms with Crippen LogP contribution in [0.25, 0.3) is 10.9 Å². The van der Waals surface area contributed by atoms with Crippen molar-refractivity contribution < 1.29 is 0 Å². The fourth-order valence-electron chi connectivity index (χ4n) is 1.31. The highest BCUT2D eigenvalue weighted by molar-refractivity contribution is 6.40. The van der Waals surface area contributed by atoms with Gasteiger partial charge in [0.2, 0.25) is 0 Å². The quantitative estimate of drug-likeness (QED) is 0.614. The lowest BCUT2D eigenvalue weighted by atomic mass is 10.2. The first-order valence-electron chi connectivity index (χ1n) is 3.93. The number of nitrogens with two attached hydrogens (primary N) is 1. The Morgan fingerprint density at radius 1 is 1.13 bits per heavy atom. The summed E-state index contributed by atoms with van der Waals surface area (Å²) < 4.78 is 0. The minimum atomic E-state index is 0. The number of rotatable bonds is 1. The van der Waals surface area contributed by atoms with Crippen molar-refractivity contribution in [1.82, 2.24) is 4.98 Å². The van der Waals surface area contributed by atoms with E-state index in [1.807, 2.05) is 0 Å². The molecule has 0 saturated heterocycles. The van der Waals surface area contributed by atoms with E-state index in [4.69, 9.17) is 29.0 Å². The molecule has 0 amide bonds. The van der Waals surface area contributed by atoms with Gasteiger partial charge in [-0.15, -0.1) is 12.4 Å². The fourth-order valence-corrected chi connectivity index (χ4v) is 1.77. The number of hydrogen-bond donors (Lipinski definition) is 2. The molecule has 0 radical (unpaired) electrons. The number of benzene rings is 1. The lowest BCUT2D eigenvalue weighted by Crippen LogP contribution is -2.07. The van der Waals surface area contributed by atoms with Crippen LogP contribution in [0.1, 0.15) is 0 Å². The zero-order chi connectivity index (χ0) is 10.1. The van der Waals surface area contributed by atoms with Gasteiger partial charge in [0.25, 0.3) is 0 Å². The van der Waals surface area contributed by atoms with E-state index in [1.165, 1.54) is 0 Å². The van der Waals surface area contributed by atoms with Gasteiger partial charge in [-0.05, 0) is 18.2 Å². The summed E-state index contributed by atoms with van der Waals surface area (Å²) >= 11 is 12.0. The van der Waals surface area contributed by atoms with Gasteiger partial charge >= 0.3 is 0 Å². The predicted octanol–water partition coefficient (Wildman–Crippen LogP) is 3.25. The lowest BCUT2D eigenvalue weighted by molar-refractivity contribution is 1.33. The zero-order valence-electron chi connectivity index (χ0n) is 7.50. The number of aromatic nitrogens is 1. The van der Waals surface area contributed by atoms with E-state index in [1.54, 1.807) is 24.4 Å². The van der Waals surface area contributed by atoms with Crippen LogP contribution in [-0.2, 0) is 0 Å². The summed E-state index contributed by atoms with van der Waals surface area (Å²) in [4.78, 5) is 4.14. The van der Waals surface area contributed by atoms with Crippen molar-refractivity contribution in [2.24, 2.45) is 5.84 Å². The van der Waals surface area contributed by atoms with Crippen LogP contribution >= 0.6 is 35.6 Å². The van der Waals surface area contributed by atoms with Gasteiger partial charge in [-0.1, -0.05) is 23.2 Å². The van der Waals surface area contributed by atoms with Crippen LogP contribution < -0.4 is 11.3 Å². The molecule has 1 aromatic carbocycles. The molecule has 15 heavy (non-hydrogen) atoms. The number of halogens is 3. The first kappa shape index (κ1) is 12.3. The summed E-state index contributed by atoms with van der Waals surface area (Å²) in [6, 6.07) is 5.17. The Morgan fingerprint density at radius 2 is 1.80 bits per heavy atom. The number of nitrogens with zero attached hydrogens (tertiary/aromatic N) is 1. The molecule has 0 spiro atoms. The summed E-state index contributed by atoms with van der Waals surface area (Å²) in [5, 5.41) is 1.87. The van der Waals surface area contributed by atoms with Gasteiger partial charge in [0.15, 0.2) is 0 Å². The molecule has 3 nitrogen and oxygen atoms in total. The SMILES string of the molecule is Cl.NNc1ccnc2c(Cl)ccc(Cl)c12. The number of pyridine rings is 1. The van der Waals surface area contributed by atoms with Crippen LogP contribution in [0.4, 0.5) is 5.69 Å². The van der Waals surface area contributed by atoms with Gasteiger partial charge in [-0.25, -0.2) is 0 Å². The first-order chi connectivity index (χ1) is 6.74. The van der Waals surface area contributed by atoms with Gasteiger partial charge in [0.05, 0.1) is 21.2 Å². The number of anilines is 1. The second-order valence-corrected chi connectivity index (χ2v) is 3.57. The topological polar surface area (TPSA) is 50.9 Å². The standard InChI is InChI=1S/C9H7Cl2N3.ClH/c10-5-1-2-6(11)9-8(5)7(14-12)3-4-13-9;/h1-4H,12H2,(H,13,14);1H. The van der Waals surface area contributed by atoms with E-state index >= 15 is 0 Å². The van der Waals surface area contributed by atoms with Crippen molar-refractivity contribution in [3.8, 4) is 0 Å². The van der Waals surface area contributed by atoms with Gasteiger partial charge < -0.3 is 5.43 Å². The van der Waals surface area contributed by atoms with E-state index in [9.17, 15) is 0 Å². The molecule has 1 heterocycles. The summed E-state index contributed by atoms with van der Waals surface area (Å²) in [5.41, 5.74) is 3.91. The van der Waals surface area contributed by atoms with Crippen LogP contribution in [0.5, 0.6) is 0 Å². The fraction of sp³-hybridized carbons (Fsp3) is 0. The van der Waals surface area contributed by atoms with Gasteiger partial charge in [-0.3, -0.25) is 10.8 Å². The van der Waals surface area contributed by atoms with Gasteiger partial charge in [0, 0.05) is 11.6 Å².